The standard InChI is InChI=1S/C24H35FO/c1-2-3-19-4-6-20(7-5-19)8-9-21-10-12-22(13-11-21)23-14-16-24(17-15-23)26-18-25/h8-9,14-17,19-22H,2-7,10-13,18H2,1H3/b9-8+. The lowest BCUT2D eigenvalue weighted by Crippen LogP contribution is -2.14. The zero-order chi connectivity index (χ0) is 18.2. The summed E-state index contributed by atoms with van der Waals surface area (Å²) in [5, 5.41) is 0. The molecule has 2 aliphatic rings. The molecule has 2 fully saturated rings. The quantitative estimate of drug-likeness (QED) is 0.460. The predicted octanol–water partition coefficient (Wildman–Crippen LogP) is 7.43. The molecule has 1 aromatic carbocycles. The molecular formula is C24H35FO. The van der Waals surface area contributed by atoms with E-state index >= 15 is 0 Å². The Bertz CT molecular complexity index is 534. The third-order valence-corrected chi connectivity index (χ3v) is 6.59. The van der Waals surface area contributed by atoms with E-state index in [1.165, 1.54) is 69.8 Å². The SMILES string of the molecule is CCCC1CCC(/C=C/C2CCC(c3ccc(OCF)cc3)CC2)CC1. The van der Waals surface area contributed by atoms with Crippen molar-refractivity contribution in [1.82, 2.24) is 0 Å². The van der Waals surface area contributed by atoms with E-state index in [1.54, 1.807) is 0 Å². The van der Waals surface area contributed by atoms with Crippen molar-refractivity contribution in [2.45, 2.75) is 77.0 Å². The summed E-state index contributed by atoms with van der Waals surface area (Å²) < 4.78 is 17.1. The van der Waals surface area contributed by atoms with Gasteiger partial charge in [0, 0.05) is 0 Å². The molecule has 3 rings (SSSR count). The molecule has 2 aliphatic carbocycles. The topological polar surface area (TPSA) is 9.23 Å². The summed E-state index contributed by atoms with van der Waals surface area (Å²) in [5.41, 5.74) is 1.38. The van der Waals surface area contributed by atoms with Crippen LogP contribution >= 0.6 is 0 Å². The lowest BCUT2D eigenvalue weighted by atomic mass is 9.77. The maximum atomic E-state index is 12.2. The monoisotopic (exact) mass is 358 g/mol. The van der Waals surface area contributed by atoms with Crippen molar-refractivity contribution < 1.29 is 9.13 Å². The van der Waals surface area contributed by atoms with Gasteiger partial charge < -0.3 is 4.74 Å². The van der Waals surface area contributed by atoms with Crippen LogP contribution in [0.4, 0.5) is 4.39 Å². The van der Waals surface area contributed by atoms with E-state index in [-0.39, 0.29) is 0 Å². The third-order valence-electron chi connectivity index (χ3n) is 6.59. The molecule has 0 N–H and O–H groups in total. The van der Waals surface area contributed by atoms with Crippen LogP contribution in [0.5, 0.6) is 5.75 Å². The molecule has 26 heavy (non-hydrogen) atoms. The van der Waals surface area contributed by atoms with Crippen LogP contribution in [-0.4, -0.2) is 6.86 Å². The van der Waals surface area contributed by atoms with E-state index in [2.05, 4.69) is 31.2 Å². The summed E-state index contributed by atoms with van der Waals surface area (Å²) in [4.78, 5) is 0. The fraction of sp³-hybridized carbons (Fsp3) is 0.667. The molecule has 0 radical (unpaired) electrons. The van der Waals surface area contributed by atoms with Gasteiger partial charge in [-0.05, 0) is 92.7 Å². The molecule has 0 saturated heterocycles. The van der Waals surface area contributed by atoms with Crippen LogP contribution in [0, 0.1) is 17.8 Å². The summed E-state index contributed by atoms with van der Waals surface area (Å²) in [5.74, 6) is 3.89. The zero-order valence-corrected chi connectivity index (χ0v) is 16.3. The molecule has 144 valence electrons. The van der Waals surface area contributed by atoms with E-state index < -0.39 is 6.86 Å². The highest BCUT2D eigenvalue weighted by atomic mass is 19.1. The highest BCUT2D eigenvalue weighted by Gasteiger charge is 2.22. The van der Waals surface area contributed by atoms with Crippen molar-refractivity contribution >= 4 is 0 Å². The average molecular weight is 359 g/mol. The Morgan fingerprint density at radius 3 is 2.00 bits per heavy atom. The van der Waals surface area contributed by atoms with Gasteiger partial charge in [-0.1, -0.05) is 44.1 Å². The maximum absolute atomic E-state index is 12.2. The molecule has 0 aliphatic heterocycles. The second-order valence-corrected chi connectivity index (χ2v) is 8.39. The van der Waals surface area contributed by atoms with Crippen LogP contribution in [0.15, 0.2) is 36.4 Å². The molecule has 0 unspecified atom stereocenters. The van der Waals surface area contributed by atoms with Gasteiger partial charge in [-0.25, -0.2) is 4.39 Å². The Labute approximate surface area is 159 Å². The first-order valence-electron chi connectivity index (χ1n) is 10.8. The van der Waals surface area contributed by atoms with Crippen molar-refractivity contribution in [2.75, 3.05) is 6.86 Å². The number of hydrogen-bond donors (Lipinski definition) is 0. The normalized spacial score (nSPS) is 29.8. The number of alkyl halides is 1. The van der Waals surface area contributed by atoms with Gasteiger partial charge in [-0.15, -0.1) is 0 Å². The Morgan fingerprint density at radius 1 is 0.885 bits per heavy atom. The Hall–Kier alpha value is -1.31. The molecule has 0 spiro atoms. The van der Waals surface area contributed by atoms with Gasteiger partial charge >= 0.3 is 0 Å². The molecule has 2 heteroatoms. The smallest absolute Gasteiger partial charge is 0.228 e. The maximum Gasteiger partial charge on any atom is 0.228 e. The number of hydrogen-bond acceptors (Lipinski definition) is 1. The van der Waals surface area contributed by atoms with Crippen molar-refractivity contribution in [3.8, 4) is 5.75 Å². The van der Waals surface area contributed by atoms with Crippen LogP contribution in [-0.2, 0) is 0 Å². The fourth-order valence-electron chi connectivity index (χ4n) is 4.94. The van der Waals surface area contributed by atoms with Crippen LogP contribution in [0.3, 0.4) is 0 Å². The number of ether oxygens (including phenoxy) is 1. The Morgan fingerprint density at radius 2 is 1.46 bits per heavy atom. The van der Waals surface area contributed by atoms with Gasteiger partial charge in [0.05, 0.1) is 0 Å². The van der Waals surface area contributed by atoms with Crippen LogP contribution < -0.4 is 4.74 Å². The lowest BCUT2D eigenvalue weighted by molar-refractivity contribution is 0.191. The van der Waals surface area contributed by atoms with Crippen molar-refractivity contribution in [2.24, 2.45) is 17.8 Å². The van der Waals surface area contributed by atoms with Crippen molar-refractivity contribution in [1.29, 1.82) is 0 Å². The van der Waals surface area contributed by atoms with Gasteiger partial charge in [0.25, 0.3) is 0 Å². The lowest BCUT2D eigenvalue weighted by Gasteiger charge is -2.29. The van der Waals surface area contributed by atoms with Crippen LogP contribution in [0.1, 0.15) is 82.6 Å². The zero-order valence-electron chi connectivity index (χ0n) is 16.3. The molecule has 0 aromatic heterocycles. The predicted molar refractivity (Wildman–Crippen MR) is 107 cm³/mol. The minimum Gasteiger partial charge on any atom is -0.463 e. The van der Waals surface area contributed by atoms with E-state index in [4.69, 9.17) is 4.74 Å². The minimum atomic E-state index is -0.753. The van der Waals surface area contributed by atoms with E-state index in [0.717, 1.165) is 17.8 Å². The highest BCUT2D eigenvalue weighted by Crippen LogP contribution is 2.38. The fourth-order valence-corrected chi connectivity index (χ4v) is 4.94. The van der Waals surface area contributed by atoms with E-state index in [1.807, 2.05) is 12.1 Å². The first kappa shape index (κ1) is 19.5. The molecule has 0 heterocycles. The van der Waals surface area contributed by atoms with Crippen molar-refractivity contribution in [3.05, 3.63) is 42.0 Å². The molecule has 0 atom stereocenters. The van der Waals surface area contributed by atoms with Crippen molar-refractivity contribution in [3.63, 3.8) is 0 Å². The number of allylic oxidation sites excluding steroid dienone is 2. The summed E-state index contributed by atoms with van der Waals surface area (Å²) in [6.07, 6.45) is 18.7. The first-order valence-corrected chi connectivity index (χ1v) is 10.8. The summed E-state index contributed by atoms with van der Waals surface area (Å²) in [7, 11) is 0. The summed E-state index contributed by atoms with van der Waals surface area (Å²) in [6, 6.07) is 8.02. The van der Waals surface area contributed by atoms with Crippen LogP contribution in [0.25, 0.3) is 0 Å². The van der Waals surface area contributed by atoms with Crippen LogP contribution in [0.2, 0.25) is 0 Å². The summed E-state index contributed by atoms with van der Waals surface area (Å²) >= 11 is 0. The number of halogens is 1. The van der Waals surface area contributed by atoms with Gasteiger partial charge in [-0.2, -0.15) is 0 Å². The number of rotatable bonds is 7. The third kappa shape index (κ3) is 5.59. The molecular weight excluding hydrogens is 323 g/mol. The first-order chi connectivity index (χ1) is 12.8. The highest BCUT2D eigenvalue weighted by molar-refractivity contribution is 5.29. The molecule has 0 amide bonds. The molecule has 1 nitrogen and oxygen atoms in total. The molecule has 0 bridgehead atoms. The molecule has 1 aromatic rings. The van der Waals surface area contributed by atoms with E-state index in [9.17, 15) is 4.39 Å². The molecule has 2 saturated carbocycles. The summed E-state index contributed by atoms with van der Waals surface area (Å²) in [6.45, 7) is 1.56. The minimum absolute atomic E-state index is 0.626. The van der Waals surface area contributed by atoms with Gasteiger partial charge in [0.1, 0.15) is 5.75 Å². The largest absolute Gasteiger partial charge is 0.463 e. The van der Waals surface area contributed by atoms with Gasteiger partial charge in [-0.3, -0.25) is 0 Å². The average Bonchev–Trinajstić information content (AvgIpc) is 2.69. The Kier molecular flexibility index (Phi) is 7.58. The van der Waals surface area contributed by atoms with Gasteiger partial charge in [0.15, 0.2) is 0 Å². The van der Waals surface area contributed by atoms with E-state index in [0.29, 0.717) is 11.7 Å². The number of benzene rings is 1. The van der Waals surface area contributed by atoms with Gasteiger partial charge in [0.2, 0.25) is 6.86 Å². The second kappa shape index (κ2) is 10.1. The Balaban J connectivity index is 1.41. The second-order valence-electron chi connectivity index (χ2n) is 8.39.